The van der Waals surface area contributed by atoms with Crippen LogP contribution in [0.4, 0.5) is 5.69 Å². The molecule has 2 rings (SSSR count). The number of nitrogens with one attached hydrogen (secondary N) is 1. The molecule has 1 N–H and O–H groups in total. The Balaban J connectivity index is 2.13. The Morgan fingerprint density at radius 2 is 1.95 bits per heavy atom. The van der Waals surface area contributed by atoms with Crippen molar-refractivity contribution >= 4 is 23.4 Å². The average Bonchev–Trinajstić information content (AvgIpc) is 2.54. The summed E-state index contributed by atoms with van der Waals surface area (Å²) in [5.41, 5.74) is 1.41. The molecule has 3 nitrogen and oxygen atoms in total. The van der Waals surface area contributed by atoms with Crippen molar-refractivity contribution in [2.75, 3.05) is 18.2 Å². The number of thioether (sulfide) groups is 1. The summed E-state index contributed by atoms with van der Waals surface area (Å²) in [6.07, 6.45) is 1.82. The molecule has 2 aromatic rings. The topological polar surface area (TPSA) is 38.3 Å². The average molecular weight is 299 g/mol. The molecule has 0 unspecified atom stereocenters. The molecule has 0 aromatic heterocycles. The Hall–Kier alpha value is -2.20. The quantitative estimate of drug-likeness (QED) is 0.641. The van der Waals surface area contributed by atoms with E-state index < -0.39 is 0 Å². The number of rotatable bonds is 6. The van der Waals surface area contributed by atoms with Gasteiger partial charge in [0.2, 0.25) is 0 Å². The predicted octanol–water partition coefficient (Wildman–Crippen LogP) is 4.23. The molecule has 4 heteroatoms. The molecule has 0 bridgehead atoms. The minimum atomic E-state index is -0.118. The Morgan fingerprint density at radius 1 is 1.24 bits per heavy atom. The summed E-state index contributed by atoms with van der Waals surface area (Å²) in [5.74, 6) is 1.41. The van der Waals surface area contributed by atoms with Crippen molar-refractivity contribution in [3.8, 4) is 5.75 Å². The van der Waals surface area contributed by atoms with Crippen LogP contribution in [0.25, 0.3) is 0 Å². The van der Waals surface area contributed by atoms with E-state index in [1.54, 1.807) is 18.9 Å². The molecule has 0 aliphatic carbocycles. The van der Waals surface area contributed by atoms with E-state index >= 15 is 0 Å². The van der Waals surface area contributed by atoms with Gasteiger partial charge in [0.25, 0.3) is 5.91 Å². The summed E-state index contributed by atoms with van der Waals surface area (Å²) in [4.78, 5) is 13.3. The molecule has 108 valence electrons. The predicted molar refractivity (Wildman–Crippen MR) is 88.3 cm³/mol. The van der Waals surface area contributed by atoms with Crippen LogP contribution in [0.2, 0.25) is 0 Å². The summed E-state index contributed by atoms with van der Waals surface area (Å²) < 4.78 is 5.10. The molecule has 0 fully saturated rings. The number of carbonyl (C=O) groups is 1. The maximum absolute atomic E-state index is 12.4. The van der Waals surface area contributed by atoms with E-state index in [4.69, 9.17) is 4.74 Å². The first kappa shape index (κ1) is 15.2. The van der Waals surface area contributed by atoms with Crippen LogP contribution in [0.5, 0.6) is 5.75 Å². The second-order valence-electron chi connectivity index (χ2n) is 4.28. The van der Waals surface area contributed by atoms with Crippen molar-refractivity contribution in [1.29, 1.82) is 0 Å². The molecule has 0 saturated carbocycles. The van der Waals surface area contributed by atoms with Gasteiger partial charge in [-0.3, -0.25) is 4.79 Å². The number of hydrogen-bond acceptors (Lipinski definition) is 3. The minimum absolute atomic E-state index is 0.118. The number of hydrogen-bond donors (Lipinski definition) is 1. The SMILES string of the molecule is C=CCSc1ccccc1C(=O)Nc1ccc(OC)cc1. The van der Waals surface area contributed by atoms with Gasteiger partial charge in [-0.2, -0.15) is 0 Å². The van der Waals surface area contributed by atoms with Crippen molar-refractivity contribution in [2.45, 2.75) is 4.90 Å². The van der Waals surface area contributed by atoms with Crippen LogP contribution in [0.1, 0.15) is 10.4 Å². The van der Waals surface area contributed by atoms with Gasteiger partial charge in [-0.25, -0.2) is 0 Å². The number of ether oxygens (including phenoxy) is 1. The molecule has 0 aliphatic heterocycles. The minimum Gasteiger partial charge on any atom is -0.497 e. The van der Waals surface area contributed by atoms with Gasteiger partial charge < -0.3 is 10.1 Å². The Labute approximate surface area is 129 Å². The Morgan fingerprint density at radius 3 is 2.62 bits per heavy atom. The first-order chi connectivity index (χ1) is 10.2. The molecule has 0 spiro atoms. The van der Waals surface area contributed by atoms with Gasteiger partial charge in [0.1, 0.15) is 5.75 Å². The number of benzene rings is 2. The van der Waals surface area contributed by atoms with Crippen molar-refractivity contribution in [3.63, 3.8) is 0 Å². The van der Waals surface area contributed by atoms with Crippen LogP contribution in [-0.4, -0.2) is 18.8 Å². The number of amides is 1. The number of anilines is 1. The summed E-state index contributed by atoms with van der Waals surface area (Å²) in [6, 6.07) is 14.8. The zero-order chi connectivity index (χ0) is 15.1. The molecule has 0 atom stereocenters. The number of methoxy groups -OCH3 is 1. The lowest BCUT2D eigenvalue weighted by molar-refractivity contribution is 0.102. The van der Waals surface area contributed by atoms with Crippen molar-refractivity contribution in [3.05, 3.63) is 66.7 Å². The smallest absolute Gasteiger partial charge is 0.256 e. The van der Waals surface area contributed by atoms with Crippen LogP contribution < -0.4 is 10.1 Å². The first-order valence-electron chi connectivity index (χ1n) is 6.52. The first-order valence-corrected chi connectivity index (χ1v) is 7.51. The third-order valence-electron chi connectivity index (χ3n) is 2.84. The molecular formula is C17H17NO2S. The van der Waals surface area contributed by atoms with Crippen LogP contribution in [0, 0.1) is 0 Å². The molecule has 0 heterocycles. The summed E-state index contributed by atoms with van der Waals surface area (Å²) in [6.45, 7) is 3.70. The largest absolute Gasteiger partial charge is 0.497 e. The zero-order valence-corrected chi connectivity index (χ0v) is 12.7. The van der Waals surface area contributed by atoms with Gasteiger partial charge in [-0.1, -0.05) is 18.2 Å². The summed E-state index contributed by atoms with van der Waals surface area (Å²) >= 11 is 1.59. The lowest BCUT2D eigenvalue weighted by Crippen LogP contribution is -2.12. The highest BCUT2D eigenvalue weighted by atomic mass is 32.2. The molecule has 0 aliphatic rings. The lowest BCUT2D eigenvalue weighted by atomic mass is 10.2. The van der Waals surface area contributed by atoms with Crippen LogP contribution in [0.15, 0.2) is 66.1 Å². The highest BCUT2D eigenvalue weighted by Gasteiger charge is 2.11. The van der Waals surface area contributed by atoms with E-state index in [1.165, 1.54) is 0 Å². The second-order valence-corrected chi connectivity index (χ2v) is 5.34. The van der Waals surface area contributed by atoms with E-state index in [9.17, 15) is 4.79 Å². The molecule has 0 radical (unpaired) electrons. The zero-order valence-electron chi connectivity index (χ0n) is 11.8. The van der Waals surface area contributed by atoms with Gasteiger partial charge in [0.05, 0.1) is 12.7 Å². The monoisotopic (exact) mass is 299 g/mol. The summed E-state index contributed by atoms with van der Waals surface area (Å²) in [7, 11) is 1.61. The van der Waals surface area contributed by atoms with Gasteiger partial charge in [0, 0.05) is 16.3 Å². The molecule has 1 amide bonds. The van der Waals surface area contributed by atoms with Crippen molar-refractivity contribution in [2.24, 2.45) is 0 Å². The fourth-order valence-electron chi connectivity index (χ4n) is 1.80. The Kier molecular flexibility index (Phi) is 5.46. The fraction of sp³-hybridized carbons (Fsp3) is 0.118. The van der Waals surface area contributed by atoms with Crippen LogP contribution in [0.3, 0.4) is 0 Å². The maximum atomic E-state index is 12.4. The number of carbonyl (C=O) groups excluding carboxylic acids is 1. The van der Waals surface area contributed by atoms with Gasteiger partial charge in [-0.05, 0) is 36.4 Å². The van der Waals surface area contributed by atoms with Gasteiger partial charge >= 0.3 is 0 Å². The summed E-state index contributed by atoms with van der Waals surface area (Å²) in [5, 5.41) is 2.89. The third kappa shape index (κ3) is 4.13. The highest BCUT2D eigenvalue weighted by molar-refractivity contribution is 7.99. The van der Waals surface area contributed by atoms with Crippen LogP contribution in [-0.2, 0) is 0 Å². The molecule has 21 heavy (non-hydrogen) atoms. The van der Waals surface area contributed by atoms with E-state index in [0.717, 1.165) is 22.1 Å². The van der Waals surface area contributed by atoms with E-state index in [-0.39, 0.29) is 5.91 Å². The van der Waals surface area contributed by atoms with E-state index in [1.807, 2.05) is 54.6 Å². The Bertz CT molecular complexity index is 623. The second kappa shape index (κ2) is 7.55. The lowest BCUT2D eigenvalue weighted by Gasteiger charge is -2.09. The van der Waals surface area contributed by atoms with Crippen LogP contribution >= 0.6 is 11.8 Å². The van der Waals surface area contributed by atoms with E-state index in [0.29, 0.717) is 5.56 Å². The van der Waals surface area contributed by atoms with E-state index in [2.05, 4.69) is 11.9 Å². The normalized spacial score (nSPS) is 9.95. The maximum Gasteiger partial charge on any atom is 0.256 e. The molecule has 0 saturated heterocycles. The van der Waals surface area contributed by atoms with Crippen molar-refractivity contribution in [1.82, 2.24) is 0 Å². The van der Waals surface area contributed by atoms with Gasteiger partial charge in [0.15, 0.2) is 0 Å². The fourth-order valence-corrected chi connectivity index (χ4v) is 2.59. The van der Waals surface area contributed by atoms with Gasteiger partial charge in [-0.15, -0.1) is 18.3 Å². The molecule has 2 aromatic carbocycles. The highest BCUT2D eigenvalue weighted by Crippen LogP contribution is 2.24. The van der Waals surface area contributed by atoms with Crippen molar-refractivity contribution < 1.29 is 9.53 Å². The molecular weight excluding hydrogens is 282 g/mol. The standard InChI is InChI=1S/C17H17NO2S/c1-3-12-21-16-7-5-4-6-15(16)17(19)18-13-8-10-14(20-2)11-9-13/h3-11H,1,12H2,2H3,(H,18,19). The third-order valence-corrected chi connectivity index (χ3v) is 3.91.